The van der Waals surface area contributed by atoms with Crippen molar-refractivity contribution in [2.24, 2.45) is 0 Å². The maximum absolute atomic E-state index is 12.2. The number of nitro benzene ring substituents is 1. The van der Waals surface area contributed by atoms with E-state index in [-0.39, 0.29) is 17.7 Å². The van der Waals surface area contributed by atoms with Crippen LogP contribution in [0, 0.1) is 10.1 Å². The van der Waals surface area contributed by atoms with Gasteiger partial charge in [0.2, 0.25) is 0 Å². The molecule has 7 nitrogen and oxygen atoms in total. The van der Waals surface area contributed by atoms with Crippen LogP contribution in [-0.4, -0.2) is 35.1 Å². The number of pyridine rings is 1. The SMILES string of the molecule is CCOC(=O)C1CCCN1c1ccc([N+](=O)[O-])c2cnccc12. The van der Waals surface area contributed by atoms with E-state index in [0.29, 0.717) is 12.0 Å². The van der Waals surface area contributed by atoms with E-state index in [1.165, 1.54) is 12.3 Å². The monoisotopic (exact) mass is 315 g/mol. The fourth-order valence-corrected chi connectivity index (χ4v) is 3.11. The molecule has 0 spiro atoms. The molecular formula is C16H17N3O4. The Morgan fingerprint density at radius 1 is 1.43 bits per heavy atom. The van der Waals surface area contributed by atoms with Crippen LogP contribution >= 0.6 is 0 Å². The molecule has 1 aromatic carbocycles. The minimum Gasteiger partial charge on any atom is -0.464 e. The number of anilines is 1. The smallest absolute Gasteiger partial charge is 0.328 e. The van der Waals surface area contributed by atoms with Gasteiger partial charge in [0, 0.05) is 36.1 Å². The highest BCUT2D eigenvalue weighted by Crippen LogP contribution is 2.36. The molecule has 2 heterocycles. The summed E-state index contributed by atoms with van der Waals surface area (Å²) < 4.78 is 5.15. The van der Waals surface area contributed by atoms with Crippen molar-refractivity contribution < 1.29 is 14.5 Å². The summed E-state index contributed by atoms with van der Waals surface area (Å²) in [5, 5.41) is 12.4. The van der Waals surface area contributed by atoms with E-state index in [0.717, 1.165) is 30.5 Å². The van der Waals surface area contributed by atoms with Gasteiger partial charge in [-0.1, -0.05) is 0 Å². The highest BCUT2D eigenvalue weighted by Gasteiger charge is 2.33. The first kappa shape index (κ1) is 15.2. The molecule has 120 valence electrons. The highest BCUT2D eigenvalue weighted by atomic mass is 16.6. The van der Waals surface area contributed by atoms with Gasteiger partial charge in [0.05, 0.1) is 16.9 Å². The molecule has 0 aliphatic carbocycles. The first-order valence-corrected chi connectivity index (χ1v) is 7.58. The number of hydrogen-bond donors (Lipinski definition) is 0. The van der Waals surface area contributed by atoms with Crippen molar-refractivity contribution >= 4 is 28.1 Å². The van der Waals surface area contributed by atoms with E-state index in [2.05, 4.69) is 4.98 Å². The molecular weight excluding hydrogens is 298 g/mol. The summed E-state index contributed by atoms with van der Waals surface area (Å²) in [7, 11) is 0. The van der Waals surface area contributed by atoms with Gasteiger partial charge in [-0.15, -0.1) is 0 Å². The molecule has 3 rings (SSSR count). The van der Waals surface area contributed by atoms with Gasteiger partial charge in [0.15, 0.2) is 0 Å². The largest absolute Gasteiger partial charge is 0.464 e. The molecule has 1 atom stereocenters. The van der Waals surface area contributed by atoms with Crippen molar-refractivity contribution in [3.8, 4) is 0 Å². The second-order valence-corrected chi connectivity index (χ2v) is 5.39. The molecule has 0 N–H and O–H groups in total. The molecule has 1 aliphatic heterocycles. The molecule has 0 radical (unpaired) electrons. The number of non-ortho nitro benzene ring substituents is 1. The lowest BCUT2D eigenvalue weighted by atomic mass is 10.1. The van der Waals surface area contributed by atoms with Crippen LogP contribution in [-0.2, 0) is 9.53 Å². The number of carbonyl (C=O) groups is 1. The van der Waals surface area contributed by atoms with Gasteiger partial charge < -0.3 is 9.64 Å². The van der Waals surface area contributed by atoms with Crippen LogP contribution in [0.5, 0.6) is 0 Å². The number of nitrogens with zero attached hydrogens (tertiary/aromatic N) is 3. The molecule has 1 aromatic heterocycles. The molecule has 0 bridgehead atoms. The van der Waals surface area contributed by atoms with E-state index >= 15 is 0 Å². The number of carbonyl (C=O) groups excluding carboxylic acids is 1. The van der Waals surface area contributed by atoms with Gasteiger partial charge in [-0.2, -0.15) is 0 Å². The molecule has 0 amide bonds. The van der Waals surface area contributed by atoms with E-state index in [4.69, 9.17) is 4.74 Å². The quantitative estimate of drug-likeness (QED) is 0.490. The topological polar surface area (TPSA) is 85.6 Å². The number of ether oxygens (including phenoxy) is 1. The van der Waals surface area contributed by atoms with Crippen molar-refractivity contribution in [3.05, 3.63) is 40.7 Å². The van der Waals surface area contributed by atoms with Gasteiger partial charge >= 0.3 is 5.97 Å². The second kappa shape index (κ2) is 6.20. The van der Waals surface area contributed by atoms with Crippen LogP contribution in [0.4, 0.5) is 11.4 Å². The molecule has 0 saturated carbocycles. The zero-order valence-corrected chi connectivity index (χ0v) is 12.8. The van der Waals surface area contributed by atoms with Crippen LogP contribution in [0.3, 0.4) is 0 Å². The van der Waals surface area contributed by atoms with Crippen molar-refractivity contribution in [1.82, 2.24) is 4.98 Å². The molecule has 1 fully saturated rings. The number of rotatable bonds is 4. The second-order valence-electron chi connectivity index (χ2n) is 5.39. The van der Waals surface area contributed by atoms with Crippen LogP contribution in [0.2, 0.25) is 0 Å². The Morgan fingerprint density at radius 3 is 3.00 bits per heavy atom. The van der Waals surface area contributed by atoms with E-state index < -0.39 is 4.92 Å². The Kier molecular flexibility index (Phi) is 4.10. The number of fused-ring (bicyclic) bond motifs is 1. The zero-order valence-electron chi connectivity index (χ0n) is 12.8. The fourth-order valence-electron chi connectivity index (χ4n) is 3.11. The highest BCUT2D eigenvalue weighted by molar-refractivity contribution is 6.00. The molecule has 7 heteroatoms. The Bertz CT molecular complexity index is 762. The van der Waals surface area contributed by atoms with Crippen LogP contribution in [0.1, 0.15) is 19.8 Å². The Balaban J connectivity index is 2.08. The molecule has 23 heavy (non-hydrogen) atoms. The average molecular weight is 315 g/mol. The summed E-state index contributed by atoms with van der Waals surface area (Å²) in [5.74, 6) is -0.245. The van der Waals surface area contributed by atoms with Crippen molar-refractivity contribution in [3.63, 3.8) is 0 Å². The van der Waals surface area contributed by atoms with E-state index in [1.54, 1.807) is 25.3 Å². The Morgan fingerprint density at radius 2 is 2.26 bits per heavy atom. The number of benzene rings is 1. The average Bonchev–Trinajstić information content (AvgIpc) is 3.03. The van der Waals surface area contributed by atoms with E-state index in [1.807, 2.05) is 4.90 Å². The standard InChI is InChI=1S/C16H17N3O4/c1-2-23-16(20)15-4-3-9-18(15)13-5-6-14(19(21)22)12-10-17-8-7-11(12)13/h5-8,10,15H,2-4,9H2,1H3. The van der Waals surface area contributed by atoms with Gasteiger partial charge in [0.1, 0.15) is 6.04 Å². The summed E-state index contributed by atoms with van der Waals surface area (Å²) in [4.78, 5) is 28.9. The lowest BCUT2D eigenvalue weighted by Gasteiger charge is -2.26. The normalized spacial score (nSPS) is 17.4. The number of hydrogen-bond acceptors (Lipinski definition) is 6. The predicted octanol–water partition coefficient (Wildman–Crippen LogP) is 2.67. The summed E-state index contributed by atoms with van der Waals surface area (Å²) in [6.45, 7) is 2.84. The van der Waals surface area contributed by atoms with Gasteiger partial charge in [-0.3, -0.25) is 15.1 Å². The molecule has 1 aliphatic rings. The summed E-state index contributed by atoms with van der Waals surface area (Å²) >= 11 is 0. The number of nitro groups is 1. The lowest BCUT2D eigenvalue weighted by Crippen LogP contribution is -2.37. The first-order valence-electron chi connectivity index (χ1n) is 7.58. The minimum absolute atomic E-state index is 0.0173. The summed E-state index contributed by atoms with van der Waals surface area (Å²) in [6.07, 6.45) is 4.70. The maximum Gasteiger partial charge on any atom is 0.328 e. The lowest BCUT2D eigenvalue weighted by molar-refractivity contribution is -0.383. The van der Waals surface area contributed by atoms with Crippen molar-refractivity contribution in [2.75, 3.05) is 18.1 Å². The van der Waals surface area contributed by atoms with Crippen LogP contribution in [0.25, 0.3) is 10.8 Å². The number of aromatic nitrogens is 1. The van der Waals surface area contributed by atoms with Crippen LogP contribution in [0.15, 0.2) is 30.6 Å². The zero-order chi connectivity index (χ0) is 16.4. The third-order valence-corrected chi connectivity index (χ3v) is 4.09. The number of esters is 1. The van der Waals surface area contributed by atoms with Gasteiger partial charge in [0.25, 0.3) is 5.69 Å². The third kappa shape index (κ3) is 2.69. The molecule has 1 unspecified atom stereocenters. The summed E-state index contributed by atoms with van der Waals surface area (Å²) in [5.41, 5.74) is 0.826. The van der Waals surface area contributed by atoms with E-state index in [9.17, 15) is 14.9 Å². The van der Waals surface area contributed by atoms with Crippen molar-refractivity contribution in [1.29, 1.82) is 0 Å². The first-order chi connectivity index (χ1) is 11.1. The molecule has 2 aromatic rings. The van der Waals surface area contributed by atoms with Crippen molar-refractivity contribution in [2.45, 2.75) is 25.8 Å². The van der Waals surface area contributed by atoms with Crippen LogP contribution < -0.4 is 4.90 Å². The minimum atomic E-state index is -0.416. The predicted molar refractivity (Wildman–Crippen MR) is 85.4 cm³/mol. The summed E-state index contributed by atoms with van der Waals surface area (Å²) in [6, 6.07) is 4.59. The molecule has 1 saturated heterocycles. The Hall–Kier alpha value is -2.70. The third-order valence-electron chi connectivity index (χ3n) is 4.09. The fraction of sp³-hybridized carbons (Fsp3) is 0.375. The maximum atomic E-state index is 12.2. The van der Waals surface area contributed by atoms with Gasteiger partial charge in [-0.05, 0) is 31.9 Å². The Labute approximate surface area is 133 Å². The van der Waals surface area contributed by atoms with Gasteiger partial charge in [-0.25, -0.2) is 4.79 Å².